The smallest absolute Gasteiger partial charge is 0.336 e. The van der Waals surface area contributed by atoms with Crippen molar-refractivity contribution >= 4 is 39.5 Å². The van der Waals surface area contributed by atoms with Gasteiger partial charge < -0.3 is 9.15 Å². The highest BCUT2D eigenvalue weighted by Crippen LogP contribution is 2.35. The van der Waals surface area contributed by atoms with Gasteiger partial charge in [0.1, 0.15) is 18.7 Å². The van der Waals surface area contributed by atoms with Crippen molar-refractivity contribution in [2.75, 3.05) is 6.54 Å². The molecule has 0 radical (unpaired) electrons. The number of amides is 2. The lowest BCUT2D eigenvalue weighted by Crippen LogP contribution is -2.36. The van der Waals surface area contributed by atoms with E-state index in [4.69, 9.17) is 9.15 Å². The predicted molar refractivity (Wildman–Crippen MR) is 112 cm³/mol. The zero-order valence-corrected chi connectivity index (χ0v) is 16.6. The van der Waals surface area contributed by atoms with Crippen LogP contribution in [0, 0.1) is 11.8 Å². The van der Waals surface area contributed by atoms with Gasteiger partial charge in [-0.05, 0) is 29.7 Å². The van der Waals surface area contributed by atoms with Gasteiger partial charge in [0.15, 0.2) is 0 Å². The molecule has 2 aromatic carbocycles. The SMILES string of the molecule is O=C(CN1C(=O)C2CC=CCC2C1=O)OCc1cc(=O)oc2ccc3ccccc3c12. The molecule has 1 fully saturated rings. The zero-order chi connectivity index (χ0) is 21.5. The van der Waals surface area contributed by atoms with Crippen molar-refractivity contribution in [2.45, 2.75) is 19.4 Å². The maximum absolute atomic E-state index is 12.5. The molecule has 0 saturated carbocycles. The van der Waals surface area contributed by atoms with Crippen LogP contribution in [0.4, 0.5) is 0 Å². The Balaban J connectivity index is 1.37. The normalized spacial score (nSPS) is 20.5. The maximum Gasteiger partial charge on any atom is 0.336 e. The van der Waals surface area contributed by atoms with Crippen molar-refractivity contribution in [3.05, 3.63) is 70.6 Å². The number of carbonyl (C=O) groups excluding carboxylic acids is 3. The van der Waals surface area contributed by atoms with E-state index in [0.29, 0.717) is 29.4 Å². The van der Waals surface area contributed by atoms with Crippen molar-refractivity contribution in [3.63, 3.8) is 0 Å². The van der Waals surface area contributed by atoms with Gasteiger partial charge in [-0.3, -0.25) is 19.3 Å². The van der Waals surface area contributed by atoms with Crippen LogP contribution in [-0.2, 0) is 25.7 Å². The molecule has 156 valence electrons. The molecule has 1 saturated heterocycles. The number of fused-ring (bicyclic) bond motifs is 4. The number of rotatable bonds is 4. The van der Waals surface area contributed by atoms with Crippen molar-refractivity contribution in [2.24, 2.45) is 11.8 Å². The van der Waals surface area contributed by atoms with Crippen molar-refractivity contribution < 1.29 is 23.5 Å². The number of imide groups is 1. The molecule has 0 spiro atoms. The van der Waals surface area contributed by atoms with E-state index in [1.807, 2.05) is 42.5 Å². The number of allylic oxidation sites excluding steroid dienone is 2. The average Bonchev–Trinajstić information content (AvgIpc) is 3.02. The fourth-order valence-electron chi connectivity index (χ4n) is 4.49. The van der Waals surface area contributed by atoms with Crippen LogP contribution in [0.1, 0.15) is 18.4 Å². The number of esters is 1. The lowest BCUT2D eigenvalue weighted by molar-refractivity contribution is -0.153. The van der Waals surface area contributed by atoms with Gasteiger partial charge in [-0.1, -0.05) is 42.5 Å². The highest BCUT2D eigenvalue weighted by atomic mass is 16.5. The minimum absolute atomic E-state index is 0.167. The number of carbonyl (C=O) groups is 3. The van der Waals surface area contributed by atoms with Crippen LogP contribution in [0.5, 0.6) is 0 Å². The molecule has 1 aromatic heterocycles. The third-order valence-electron chi connectivity index (χ3n) is 5.99. The number of hydrogen-bond donors (Lipinski definition) is 0. The molecule has 2 aliphatic rings. The fourth-order valence-corrected chi connectivity index (χ4v) is 4.49. The first-order chi connectivity index (χ1) is 15.0. The van der Waals surface area contributed by atoms with E-state index < -0.39 is 18.1 Å². The van der Waals surface area contributed by atoms with E-state index in [-0.39, 0.29) is 30.3 Å². The van der Waals surface area contributed by atoms with E-state index in [0.717, 1.165) is 15.7 Å². The van der Waals surface area contributed by atoms with Gasteiger partial charge in [-0.15, -0.1) is 0 Å². The second-order valence-electron chi connectivity index (χ2n) is 7.83. The van der Waals surface area contributed by atoms with Gasteiger partial charge in [0.25, 0.3) is 0 Å². The summed E-state index contributed by atoms with van der Waals surface area (Å²) in [5, 5.41) is 2.52. The molecule has 1 aliphatic carbocycles. The molecule has 3 aromatic rings. The summed E-state index contributed by atoms with van der Waals surface area (Å²) in [6.45, 7) is -0.593. The number of benzene rings is 2. The zero-order valence-electron chi connectivity index (χ0n) is 16.6. The Morgan fingerprint density at radius 1 is 1.00 bits per heavy atom. The molecule has 7 heteroatoms. The minimum Gasteiger partial charge on any atom is -0.459 e. The molecule has 31 heavy (non-hydrogen) atoms. The molecule has 5 rings (SSSR count). The summed E-state index contributed by atoms with van der Waals surface area (Å²) < 4.78 is 10.7. The molecule has 7 nitrogen and oxygen atoms in total. The first kappa shape index (κ1) is 19.2. The number of ether oxygens (including phenoxy) is 1. The third-order valence-corrected chi connectivity index (χ3v) is 5.99. The summed E-state index contributed by atoms with van der Waals surface area (Å²) in [6.07, 6.45) is 4.81. The molecule has 2 atom stereocenters. The molecular formula is C24H19NO6. The van der Waals surface area contributed by atoms with Gasteiger partial charge in [0.2, 0.25) is 11.8 Å². The summed E-state index contributed by atoms with van der Waals surface area (Å²) in [4.78, 5) is 50.5. The third kappa shape index (κ3) is 3.32. The van der Waals surface area contributed by atoms with Crippen LogP contribution in [0.15, 0.2) is 63.8 Å². The van der Waals surface area contributed by atoms with Crippen LogP contribution in [-0.4, -0.2) is 29.2 Å². The van der Waals surface area contributed by atoms with E-state index in [2.05, 4.69) is 0 Å². The summed E-state index contributed by atoms with van der Waals surface area (Å²) in [5.41, 5.74) is 0.363. The largest absolute Gasteiger partial charge is 0.459 e. The number of hydrogen-bond acceptors (Lipinski definition) is 6. The van der Waals surface area contributed by atoms with E-state index in [1.54, 1.807) is 6.07 Å². The van der Waals surface area contributed by atoms with Gasteiger partial charge in [0, 0.05) is 17.0 Å². The van der Waals surface area contributed by atoms with E-state index in [1.165, 1.54) is 6.07 Å². The van der Waals surface area contributed by atoms with Crippen LogP contribution in [0.3, 0.4) is 0 Å². The fraction of sp³-hybridized carbons (Fsp3) is 0.250. The van der Waals surface area contributed by atoms with Crippen LogP contribution >= 0.6 is 0 Å². The average molecular weight is 417 g/mol. The lowest BCUT2D eigenvalue weighted by Gasteiger charge is -2.14. The van der Waals surface area contributed by atoms with E-state index in [9.17, 15) is 19.2 Å². The molecule has 0 bridgehead atoms. The standard InChI is InChI=1S/C24H19NO6/c26-20-11-15(22-16-6-2-1-5-14(16)9-10-19(22)31-20)13-30-21(27)12-25-23(28)17-7-3-4-8-18(17)24(25)29/h1-6,9-11,17-18H,7-8,12-13H2. The lowest BCUT2D eigenvalue weighted by atomic mass is 9.85. The Morgan fingerprint density at radius 3 is 2.45 bits per heavy atom. The minimum atomic E-state index is -0.699. The summed E-state index contributed by atoms with van der Waals surface area (Å²) in [5.74, 6) is -2.13. The van der Waals surface area contributed by atoms with Gasteiger partial charge >= 0.3 is 11.6 Å². The summed E-state index contributed by atoms with van der Waals surface area (Å²) in [7, 11) is 0. The van der Waals surface area contributed by atoms with E-state index >= 15 is 0 Å². The second-order valence-corrected chi connectivity index (χ2v) is 7.83. The molecule has 2 heterocycles. The molecule has 0 N–H and O–H groups in total. The Morgan fingerprint density at radius 2 is 1.71 bits per heavy atom. The molecule has 2 amide bonds. The highest BCUT2D eigenvalue weighted by Gasteiger charge is 2.47. The Labute approximate surface area is 176 Å². The Kier molecular flexibility index (Phi) is 4.66. The first-order valence-corrected chi connectivity index (χ1v) is 10.1. The van der Waals surface area contributed by atoms with Gasteiger partial charge in [-0.25, -0.2) is 4.79 Å². The molecule has 1 aliphatic heterocycles. The molecular weight excluding hydrogens is 398 g/mol. The number of nitrogens with zero attached hydrogens (tertiary/aromatic N) is 1. The van der Waals surface area contributed by atoms with Crippen LogP contribution in [0.25, 0.3) is 21.7 Å². The molecule has 2 unspecified atom stereocenters. The van der Waals surface area contributed by atoms with Crippen molar-refractivity contribution in [1.29, 1.82) is 0 Å². The predicted octanol–water partition coefficient (Wildman–Crippen LogP) is 2.94. The number of likely N-dealkylation sites (tertiary alicyclic amines) is 1. The Bertz CT molecular complexity index is 1290. The van der Waals surface area contributed by atoms with Crippen molar-refractivity contribution in [3.8, 4) is 0 Å². The van der Waals surface area contributed by atoms with Crippen molar-refractivity contribution in [1.82, 2.24) is 4.90 Å². The second kappa shape index (κ2) is 7.50. The van der Waals surface area contributed by atoms with Crippen LogP contribution in [0.2, 0.25) is 0 Å². The summed E-state index contributed by atoms with van der Waals surface area (Å²) >= 11 is 0. The first-order valence-electron chi connectivity index (χ1n) is 10.1. The van der Waals surface area contributed by atoms with Crippen LogP contribution < -0.4 is 5.63 Å². The highest BCUT2D eigenvalue weighted by molar-refractivity contribution is 6.08. The Hall–Kier alpha value is -3.74. The topological polar surface area (TPSA) is 93.9 Å². The van der Waals surface area contributed by atoms with Gasteiger partial charge in [-0.2, -0.15) is 0 Å². The maximum atomic E-state index is 12.5. The monoisotopic (exact) mass is 417 g/mol. The quantitative estimate of drug-likeness (QED) is 0.213. The van der Waals surface area contributed by atoms with Gasteiger partial charge in [0.05, 0.1) is 11.8 Å². The summed E-state index contributed by atoms with van der Waals surface area (Å²) in [6, 6.07) is 12.5.